The van der Waals surface area contributed by atoms with E-state index in [9.17, 15) is 5.11 Å². The molecule has 2 aromatic carbocycles. The molecule has 20 heavy (non-hydrogen) atoms. The lowest BCUT2D eigenvalue weighted by atomic mass is 9.91. The summed E-state index contributed by atoms with van der Waals surface area (Å²) in [6.07, 6.45) is 2.04. The van der Waals surface area contributed by atoms with Crippen LogP contribution in [0.2, 0.25) is 0 Å². The highest BCUT2D eigenvalue weighted by Gasteiger charge is 2.20. The van der Waals surface area contributed by atoms with Gasteiger partial charge in [-0.1, -0.05) is 54.6 Å². The fourth-order valence-electron chi connectivity index (χ4n) is 2.17. The summed E-state index contributed by atoms with van der Waals surface area (Å²) < 4.78 is 0. The minimum absolute atomic E-state index is 0.679. The average molecular weight is 267 g/mol. The molecule has 2 N–H and O–H groups in total. The van der Waals surface area contributed by atoms with Gasteiger partial charge in [0.1, 0.15) is 0 Å². The monoisotopic (exact) mass is 267 g/mol. The van der Waals surface area contributed by atoms with Crippen LogP contribution in [0.3, 0.4) is 0 Å². The molecule has 0 atom stereocenters. The Morgan fingerprint density at radius 3 is 2.10 bits per heavy atom. The molecule has 0 saturated heterocycles. The van der Waals surface area contributed by atoms with Crippen LogP contribution in [0.4, 0.5) is 5.69 Å². The van der Waals surface area contributed by atoms with Crippen LogP contribution in [-0.2, 0) is 0 Å². The van der Waals surface area contributed by atoms with Crippen molar-refractivity contribution >= 4 is 11.3 Å². The number of aliphatic hydroxyl groups is 1. The van der Waals surface area contributed by atoms with Crippen molar-refractivity contribution in [3.8, 4) is 0 Å². The van der Waals surface area contributed by atoms with Crippen molar-refractivity contribution < 1.29 is 5.11 Å². The van der Waals surface area contributed by atoms with Crippen molar-refractivity contribution in [1.82, 2.24) is 0 Å². The fourth-order valence-corrected chi connectivity index (χ4v) is 2.17. The molecular weight excluding hydrogens is 246 g/mol. The Hall–Kier alpha value is -2.06. The van der Waals surface area contributed by atoms with Crippen molar-refractivity contribution in [2.45, 2.75) is 19.4 Å². The fraction of sp³-hybridized carbons (Fsp3) is 0.222. The molecule has 0 unspecified atom stereocenters. The third-order valence-corrected chi connectivity index (χ3v) is 3.13. The van der Waals surface area contributed by atoms with Crippen molar-refractivity contribution in [3.63, 3.8) is 0 Å². The van der Waals surface area contributed by atoms with E-state index in [2.05, 4.69) is 5.32 Å². The maximum Gasteiger partial charge on any atom is 0.0843 e. The standard InChI is InChI=1S/C18H21NO/c1-18(2,20)17(15-9-5-3-6-10-15)13-14-19-16-11-7-4-8-12-16/h3-13,19-20H,14H2,1-2H3/b17-13-. The summed E-state index contributed by atoms with van der Waals surface area (Å²) in [6, 6.07) is 20.0. The van der Waals surface area contributed by atoms with Crippen LogP contribution in [0.1, 0.15) is 19.4 Å². The molecule has 0 aliphatic rings. The highest BCUT2D eigenvalue weighted by atomic mass is 16.3. The summed E-state index contributed by atoms with van der Waals surface area (Å²) in [5, 5.41) is 13.7. The van der Waals surface area contributed by atoms with Gasteiger partial charge >= 0.3 is 0 Å². The summed E-state index contributed by atoms with van der Waals surface area (Å²) in [5.74, 6) is 0. The largest absolute Gasteiger partial charge is 0.386 e. The molecule has 0 aliphatic carbocycles. The van der Waals surface area contributed by atoms with E-state index in [-0.39, 0.29) is 0 Å². The minimum atomic E-state index is -0.861. The number of rotatable bonds is 5. The summed E-state index contributed by atoms with van der Waals surface area (Å²) in [6.45, 7) is 4.31. The van der Waals surface area contributed by atoms with Gasteiger partial charge in [0.25, 0.3) is 0 Å². The number of hydrogen-bond acceptors (Lipinski definition) is 2. The lowest BCUT2D eigenvalue weighted by Gasteiger charge is -2.22. The smallest absolute Gasteiger partial charge is 0.0843 e. The molecular formula is C18H21NO. The maximum atomic E-state index is 10.3. The lowest BCUT2D eigenvalue weighted by Crippen LogP contribution is -2.21. The molecule has 0 fully saturated rings. The van der Waals surface area contributed by atoms with Gasteiger partial charge < -0.3 is 10.4 Å². The van der Waals surface area contributed by atoms with Crippen LogP contribution >= 0.6 is 0 Å². The Balaban J connectivity index is 2.14. The molecule has 0 saturated carbocycles. The van der Waals surface area contributed by atoms with E-state index in [1.54, 1.807) is 0 Å². The highest BCUT2D eigenvalue weighted by molar-refractivity contribution is 5.71. The molecule has 0 bridgehead atoms. The second-order valence-corrected chi connectivity index (χ2v) is 5.29. The van der Waals surface area contributed by atoms with Gasteiger partial charge in [-0.2, -0.15) is 0 Å². The van der Waals surface area contributed by atoms with E-state index in [1.807, 2.05) is 80.6 Å². The number of hydrogen-bond donors (Lipinski definition) is 2. The number of benzene rings is 2. The van der Waals surface area contributed by atoms with Gasteiger partial charge in [-0.25, -0.2) is 0 Å². The third kappa shape index (κ3) is 3.97. The number of para-hydroxylation sites is 1. The van der Waals surface area contributed by atoms with Gasteiger partial charge in [0.15, 0.2) is 0 Å². The molecule has 2 nitrogen and oxygen atoms in total. The van der Waals surface area contributed by atoms with E-state index in [0.717, 1.165) is 16.8 Å². The topological polar surface area (TPSA) is 32.3 Å². The number of nitrogens with one attached hydrogen (secondary N) is 1. The maximum absolute atomic E-state index is 10.3. The van der Waals surface area contributed by atoms with Gasteiger partial charge in [-0.05, 0) is 37.1 Å². The van der Waals surface area contributed by atoms with Gasteiger partial charge in [0.2, 0.25) is 0 Å². The Bertz CT molecular complexity index is 553. The predicted octanol–water partition coefficient (Wildman–Crippen LogP) is 3.95. The molecule has 0 heterocycles. The van der Waals surface area contributed by atoms with E-state index in [4.69, 9.17) is 0 Å². The summed E-state index contributed by atoms with van der Waals surface area (Å²) in [4.78, 5) is 0. The van der Waals surface area contributed by atoms with Crippen molar-refractivity contribution in [3.05, 3.63) is 72.3 Å². The molecule has 0 amide bonds. The van der Waals surface area contributed by atoms with Crippen LogP contribution < -0.4 is 5.32 Å². The molecule has 0 spiro atoms. The lowest BCUT2D eigenvalue weighted by molar-refractivity contribution is 0.143. The predicted molar refractivity (Wildman–Crippen MR) is 85.6 cm³/mol. The molecule has 2 rings (SSSR count). The van der Waals surface area contributed by atoms with Crippen molar-refractivity contribution in [2.24, 2.45) is 0 Å². The third-order valence-electron chi connectivity index (χ3n) is 3.13. The van der Waals surface area contributed by atoms with Crippen molar-refractivity contribution in [1.29, 1.82) is 0 Å². The quantitative estimate of drug-likeness (QED) is 0.859. The zero-order valence-electron chi connectivity index (χ0n) is 12.0. The zero-order valence-corrected chi connectivity index (χ0v) is 12.0. The Labute approximate surface area is 120 Å². The molecule has 2 aromatic rings. The van der Waals surface area contributed by atoms with E-state index in [1.165, 1.54) is 0 Å². The van der Waals surface area contributed by atoms with Gasteiger partial charge in [-0.3, -0.25) is 0 Å². The van der Waals surface area contributed by atoms with E-state index in [0.29, 0.717) is 6.54 Å². The summed E-state index contributed by atoms with van der Waals surface area (Å²) in [5.41, 5.74) is 2.20. The second-order valence-electron chi connectivity index (χ2n) is 5.29. The molecule has 0 aromatic heterocycles. The molecule has 0 aliphatic heterocycles. The first kappa shape index (κ1) is 14.4. The average Bonchev–Trinajstić information content (AvgIpc) is 2.44. The summed E-state index contributed by atoms with van der Waals surface area (Å²) in [7, 11) is 0. The first-order chi connectivity index (χ1) is 9.57. The molecule has 2 heteroatoms. The van der Waals surface area contributed by atoms with Crippen molar-refractivity contribution in [2.75, 3.05) is 11.9 Å². The highest BCUT2D eigenvalue weighted by Crippen LogP contribution is 2.26. The van der Waals surface area contributed by atoms with Gasteiger partial charge in [0.05, 0.1) is 5.60 Å². The van der Waals surface area contributed by atoms with Crippen LogP contribution in [0, 0.1) is 0 Å². The summed E-state index contributed by atoms with van der Waals surface area (Å²) >= 11 is 0. The Kier molecular flexibility index (Phi) is 4.59. The first-order valence-corrected chi connectivity index (χ1v) is 6.85. The van der Waals surface area contributed by atoms with Crippen LogP contribution in [0.15, 0.2) is 66.7 Å². The second kappa shape index (κ2) is 6.40. The minimum Gasteiger partial charge on any atom is -0.386 e. The van der Waals surface area contributed by atoms with Gasteiger partial charge in [-0.15, -0.1) is 0 Å². The van der Waals surface area contributed by atoms with E-state index >= 15 is 0 Å². The zero-order chi connectivity index (χ0) is 14.4. The normalized spacial score (nSPS) is 12.2. The van der Waals surface area contributed by atoms with Gasteiger partial charge in [0, 0.05) is 12.2 Å². The Morgan fingerprint density at radius 2 is 1.55 bits per heavy atom. The molecule has 0 radical (unpaired) electrons. The van der Waals surface area contributed by atoms with E-state index < -0.39 is 5.60 Å². The first-order valence-electron chi connectivity index (χ1n) is 6.85. The van der Waals surface area contributed by atoms with Crippen LogP contribution in [0.25, 0.3) is 5.57 Å². The number of anilines is 1. The Morgan fingerprint density at radius 1 is 1.00 bits per heavy atom. The van der Waals surface area contributed by atoms with Crippen LogP contribution in [0.5, 0.6) is 0 Å². The molecule has 104 valence electrons. The van der Waals surface area contributed by atoms with Crippen LogP contribution in [-0.4, -0.2) is 17.3 Å². The SMILES string of the molecule is CC(C)(O)/C(=C\CNc1ccccc1)c1ccccc1.